The number of nitrogens with zero attached hydrogens (tertiary/aromatic N) is 2. The van der Waals surface area contributed by atoms with Crippen molar-refractivity contribution in [2.75, 3.05) is 20.1 Å². The largest absolute Gasteiger partial charge is 0.636 e. The van der Waals surface area contributed by atoms with Gasteiger partial charge in [0, 0.05) is 18.1 Å². The predicted molar refractivity (Wildman–Crippen MR) is 136 cm³/mol. The zero-order chi connectivity index (χ0) is 25.5. The Morgan fingerprint density at radius 3 is 2.53 bits per heavy atom. The fourth-order valence-corrected chi connectivity index (χ4v) is 3.86. The molecule has 0 amide bonds. The van der Waals surface area contributed by atoms with E-state index >= 15 is 0 Å². The third-order valence-electron chi connectivity index (χ3n) is 5.81. The molecule has 2 aromatic rings. The molecule has 0 N–H and O–H groups in total. The number of carbonyl (C=O) groups excluding carboxylic acids is 2. The normalized spacial score (nSPS) is 21.9. The lowest BCUT2D eigenvalue weighted by Gasteiger charge is -2.23. The first kappa shape index (κ1) is 25.3. The lowest BCUT2D eigenvalue weighted by molar-refractivity contribution is -0.145. The van der Waals surface area contributed by atoms with Crippen molar-refractivity contribution in [3.63, 3.8) is 0 Å². The van der Waals surface area contributed by atoms with Crippen LogP contribution in [0.1, 0.15) is 25.0 Å². The van der Waals surface area contributed by atoms with E-state index < -0.39 is 19.1 Å². The van der Waals surface area contributed by atoms with E-state index in [1.54, 1.807) is 42.4 Å². The van der Waals surface area contributed by atoms with E-state index in [1.165, 1.54) is 0 Å². The number of aromatic nitrogens is 1. The van der Waals surface area contributed by atoms with E-state index in [0.29, 0.717) is 29.1 Å². The van der Waals surface area contributed by atoms with Gasteiger partial charge in [0.05, 0.1) is 18.8 Å². The summed E-state index contributed by atoms with van der Waals surface area (Å²) in [7, 11) is 0.583. The highest BCUT2D eigenvalue weighted by molar-refractivity contribution is 6.64. The molecule has 0 unspecified atom stereocenters. The molecule has 8 nitrogen and oxygen atoms in total. The molecule has 1 atom stereocenters. The van der Waals surface area contributed by atoms with Crippen LogP contribution in [0.4, 0.5) is 0 Å². The molecule has 0 spiro atoms. The number of ether oxygens (including phenoxy) is 2. The van der Waals surface area contributed by atoms with Crippen molar-refractivity contribution in [2.24, 2.45) is 0 Å². The van der Waals surface area contributed by atoms with Gasteiger partial charge in [-0.15, -0.1) is 0 Å². The third kappa shape index (κ3) is 6.85. The van der Waals surface area contributed by atoms with Crippen LogP contribution >= 0.6 is 0 Å². The SMILES string of the molecule is C=C1CC[C@@H](Oc2ccc(B3OC(=O)CN(C)CC(=O)O3)cc2)C/C=C\C=C/1Oc1cccnc1C. The number of pyridine rings is 1. The Labute approximate surface area is 211 Å². The van der Waals surface area contributed by atoms with E-state index in [-0.39, 0.29) is 19.2 Å². The Kier molecular flexibility index (Phi) is 8.22. The van der Waals surface area contributed by atoms with Gasteiger partial charge in [-0.2, -0.15) is 0 Å². The van der Waals surface area contributed by atoms with E-state index in [2.05, 4.69) is 11.6 Å². The molecule has 9 heteroatoms. The standard InChI is InChI=1S/C27H29BN2O6/c1-19-10-13-22(7-4-5-8-24(19)34-25-9-6-16-29-20(25)2)33-23-14-11-21(12-15-23)28-35-26(31)17-30(3)18-27(32)36-28/h4-6,8-9,11-12,14-16,22H,1,7,10,13,17-18H2,2-3H3/b5-4-,24-8+/t22-/m0/s1. The first-order valence-electron chi connectivity index (χ1n) is 11.9. The van der Waals surface area contributed by atoms with Crippen molar-refractivity contribution in [3.05, 3.63) is 84.4 Å². The maximum atomic E-state index is 12.0. The second-order valence-corrected chi connectivity index (χ2v) is 8.82. The summed E-state index contributed by atoms with van der Waals surface area (Å²) in [5, 5.41) is 0. The molecule has 1 fully saturated rings. The second-order valence-electron chi connectivity index (χ2n) is 8.82. The minimum Gasteiger partial charge on any atom is -0.494 e. The van der Waals surface area contributed by atoms with Gasteiger partial charge in [-0.05, 0) is 62.7 Å². The first-order chi connectivity index (χ1) is 17.4. The van der Waals surface area contributed by atoms with Crippen LogP contribution in [0.3, 0.4) is 0 Å². The number of allylic oxidation sites excluding steroid dienone is 3. The molecular weight excluding hydrogens is 459 g/mol. The molecule has 2 aliphatic rings. The molecule has 1 aliphatic carbocycles. The Hall–Kier alpha value is -3.85. The minimum absolute atomic E-state index is 0.0245. The van der Waals surface area contributed by atoms with Crippen molar-refractivity contribution >= 4 is 24.5 Å². The van der Waals surface area contributed by atoms with Crippen LogP contribution in [0, 0.1) is 6.92 Å². The number of likely N-dealkylation sites (N-methyl/N-ethyl adjacent to an activating group) is 1. The van der Waals surface area contributed by atoms with Crippen LogP contribution in [0.15, 0.2) is 78.7 Å². The average Bonchev–Trinajstić information content (AvgIpc) is 2.91. The molecule has 0 radical (unpaired) electrons. The zero-order valence-corrected chi connectivity index (χ0v) is 20.5. The number of hydrogen-bond acceptors (Lipinski definition) is 8. The Balaban J connectivity index is 1.36. The molecule has 36 heavy (non-hydrogen) atoms. The number of benzene rings is 1. The summed E-state index contributed by atoms with van der Waals surface area (Å²) in [5.74, 6) is 1.17. The van der Waals surface area contributed by atoms with Crippen molar-refractivity contribution in [2.45, 2.75) is 32.3 Å². The van der Waals surface area contributed by atoms with Crippen LogP contribution in [0.5, 0.6) is 11.5 Å². The van der Waals surface area contributed by atoms with Gasteiger partial charge in [0.2, 0.25) is 0 Å². The van der Waals surface area contributed by atoms with Crippen LogP contribution in [-0.2, 0) is 18.9 Å². The van der Waals surface area contributed by atoms with Crippen LogP contribution in [0.2, 0.25) is 0 Å². The van der Waals surface area contributed by atoms with Gasteiger partial charge in [0.1, 0.15) is 23.4 Å². The number of rotatable bonds is 5. The van der Waals surface area contributed by atoms with Gasteiger partial charge >= 0.3 is 19.1 Å². The van der Waals surface area contributed by atoms with E-state index in [4.69, 9.17) is 18.8 Å². The monoisotopic (exact) mass is 488 g/mol. The van der Waals surface area contributed by atoms with Crippen molar-refractivity contribution < 1.29 is 28.4 Å². The topological polar surface area (TPSA) is 87.2 Å². The molecule has 1 aliphatic heterocycles. The summed E-state index contributed by atoms with van der Waals surface area (Å²) in [6, 6.07) is 10.8. The summed E-state index contributed by atoms with van der Waals surface area (Å²) in [4.78, 5) is 29.8. The van der Waals surface area contributed by atoms with E-state index in [9.17, 15) is 9.59 Å². The number of aryl methyl sites for hydroxylation is 1. The third-order valence-corrected chi connectivity index (χ3v) is 5.81. The highest BCUT2D eigenvalue weighted by Crippen LogP contribution is 2.26. The van der Waals surface area contributed by atoms with Gasteiger partial charge in [-0.1, -0.05) is 30.9 Å². The van der Waals surface area contributed by atoms with Crippen molar-refractivity contribution in [1.82, 2.24) is 9.88 Å². The smallest absolute Gasteiger partial charge is 0.494 e. The number of hydrogen-bond donors (Lipinski definition) is 0. The van der Waals surface area contributed by atoms with Gasteiger partial charge in [0.15, 0.2) is 0 Å². The summed E-state index contributed by atoms with van der Waals surface area (Å²) in [6.07, 6.45) is 9.76. The maximum absolute atomic E-state index is 12.0. The lowest BCUT2D eigenvalue weighted by Crippen LogP contribution is -2.47. The van der Waals surface area contributed by atoms with Gasteiger partial charge in [-0.25, -0.2) is 0 Å². The van der Waals surface area contributed by atoms with Gasteiger partial charge in [-0.3, -0.25) is 19.5 Å². The molecule has 1 aromatic carbocycles. The lowest BCUT2D eigenvalue weighted by atomic mass is 9.78. The highest BCUT2D eigenvalue weighted by Gasteiger charge is 2.33. The van der Waals surface area contributed by atoms with Gasteiger partial charge < -0.3 is 18.8 Å². The van der Waals surface area contributed by atoms with Crippen molar-refractivity contribution in [1.29, 1.82) is 0 Å². The summed E-state index contributed by atoms with van der Waals surface area (Å²) in [5.41, 5.74) is 2.26. The molecule has 186 valence electrons. The molecule has 1 aromatic heterocycles. The Morgan fingerprint density at radius 1 is 1.11 bits per heavy atom. The Bertz CT molecular complexity index is 1160. The second kappa shape index (κ2) is 11.7. The van der Waals surface area contributed by atoms with E-state index in [0.717, 1.165) is 24.1 Å². The quantitative estimate of drug-likeness (QED) is 0.594. The molecule has 0 bridgehead atoms. The molecule has 4 rings (SSSR count). The minimum atomic E-state index is -1.07. The van der Waals surface area contributed by atoms with Crippen LogP contribution < -0.4 is 14.9 Å². The molecular formula is C27H29BN2O6. The summed E-state index contributed by atoms with van der Waals surface area (Å²) in [6.45, 7) is 6.17. The average molecular weight is 488 g/mol. The zero-order valence-electron chi connectivity index (χ0n) is 20.5. The molecule has 0 saturated carbocycles. The maximum Gasteiger partial charge on any atom is 0.636 e. The van der Waals surface area contributed by atoms with E-state index in [1.807, 2.05) is 37.3 Å². The fraction of sp³-hybridized carbons (Fsp3) is 0.296. The highest BCUT2D eigenvalue weighted by atomic mass is 16.6. The Morgan fingerprint density at radius 2 is 1.83 bits per heavy atom. The molecule has 2 heterocycles. The summed E-state index contributed by atoms with van der Waals surface area (Å²) >= 11 is 0. The summed E-state index contributed by atoms with van der Waals surface area (Å²) < 4.78 is 22.9. The van der Waals surface area contributed by atoms with Gasteiger partial charge in [0.25, 0.3) is 0 Å². The van der Waals surface area contributed by atoms with Crippen molar-refractivity contribution in [3.8, 4) is 11.5 Å². The first-order valence-corrected chi connectivity index (χ1v) is 11.9. The fourth-order valence-electron chi connectivity index (χ4n) is 3.86. The van der Waals surface area contributed by atoms with Crippen LogP contribution in [0.25, 0.3) is 0 Å². The predicted octanol–water partition coefficient (Wildman–Crippen LogP) is 3.12. The van der Waals surface area contributed by atoms with Crippen LogP contribution in [-0.4, -0.2) is 55.2 Å². The number of carbonyl (C=O) groups is 2. The molecule has 1 saturated heterocycles.